The fourth-order valence-corrected chi connectivity index (χ4v) is 5.31. The zero-order valence-electron chi connectivity index (χ0n) is 21.2. The van der Waals surface area contributed by atoms with Crippen molar-refractivity contribution < 1.29 is 22.5 Å². The summed E-state index contributed by atoms with van der Waals surface area (Å²) in [6.07, 6.45) is 6.66. The van der Waals surface area contributed by atoms with Crippen LogP contribution in [0.3, 0.4) is 0 Å². The number of aromatic nitrogens is 1. The van der Waals surface area contributed by atoms with Gasteiger partial charge >= 0.3 is 0 Å². The Morgan fingerprint density at radius 2 is 2.05 bits per heavy atom. The molecule has 1 aliphatic carbocycles. The van der Waals surface area contributed by atoms with E-state index in [2.05, 4.69) is 26.1 Å². The molecule has 0 saturated heterocycles. The molecule has 1 aromatic carbocycles. The highest BCUT2D eigenvalue weighted by Crippen LogP contribution is 2.33. The molecular weight excluding hydrogens is 579 g/mol. The minimum atomic E-state index is -2.93. The number of nitrogens with one attached hydrogen (secondary N) is 3. The molecule has 3 aliphatic rings. The fourth-order valence-electron chi connectivity index (χ4n) is 4.59. The van der Waals surface area contributed by atoms with E-state index in [-0.39, 0.29) is 47.0 Å². The van der Waals surface area contributed by atoms with Crippen molar-refractivity contribution in [3.8, 4) is 0 Å². The largest absolute Gasteiger partial charge is 0.740 e. The van der Waals surface area contributed by atoms with Gasteiger partial charge in [0.2, 0.25) is 0 Å². The summed E-state index contributed by atoms with van der Waals surface area (Å²) in [5.74, 6) is -0.570. The number of pyridine rings is 1. The molecule has 0 spiro atoms. The molecule has 5 rings (SSSR count). The smallest absolute Gasteiger partial charge is 0.257 e. The van der Waals surface area contributed by atoms with Gasteiger partial charge in [0, 0.05) is 30.0 Å². The number of hydrazone groups is 1. The number of hydrogen-bond donors (Lipinski definition) is 3. The molecule has 2 aromatic rings. The average Bonchev–Trinajstić information content (AvgIpc) is 3.67. The van der Waals surface area contributed by atoms with Crippen molar-refractivity contribution in [3.63, 3.8) is 0 Å². The van der Waals surface area contributed by atoms with Crippen molar-refractivity contribution in [2.24, 2.45) is 11.0 Å². The number of rotatable bonds is 8. The van der Waals surface area contributed by atoms with Crippen LogP contribution < -0.4 is 16.1 Å². The van der Waals surface area contributed by atoms with Crippen LogP contribution in [0.25, 0.3) is 0 Å². The molecule has 2 amide bonds. The molecule has 40 heavy (non-hydrogen) atoms. The maximum atomic E-state index is 13.6. The molecule has 1 saturated carbocycles. The predicted molar refractivity (Wildman–Crippen MR) is 150 cm³/mol. The Bertz CT molecular complexity index is 1460. The summed E-state index contributed by atoms with van der Waals surface area (Å²) in [6, 6.07) is 7.96. The Kier molecular flexibility index (Phi) is 8.40. The second-order valence-electron chi connectivity index (χ2n) is 9.57. The van der Waals surface area contributed by atoms with Gasteiger partial charge in [-0.15, -0.1) is 0 Å². The highest BCUT2D eigenvalue weighted by molar-refractivity contribution is 7.74. The first-order valence-corrected chi connectivity index (χ1v) is 14.2. The third-order valence-electron chi connectivity index (χ3n) is 6.84. The van der Waals surface area contributed by atoms with Crippen molar-refractivity contribution in [2.45, 2.75) is 31.7 Å². The molecule has 3 N–H and O–H groups in total. The first-order chi connectivity index (χ1) is 19.2. The summed E-state index contributed by atoms with van der Waals surface area (Å²) >= 11 is 9.61. The van der Waals surface area contributed by atoms with E-state index in [1.165, 1.54) is 18.2 Å². The number of anilines is 1. The van der Waals surface area contributed by atoms with Gasteiger partial charge in [0.15, 0.2) is 5.76 Å². The van der Waals surface area contributed by atoms with Crippen molar-refractivity contribution in [3.05, 3.63) is 81.4 Å². The van der Waals surface area contributed by atoms with Crippen LogP contribution in [0.2, 0.25) is 10.0 Å². The van der Waals surface area contributed by atoms with Gasteiger partial charge in [0.05, 0.1) is 40.0 Å². The standard InChI is InChI=1S/C26H26Cl2N6O5S/c1-14(15-4-5-15)31-25(35)17-11-16(27)6-7-21(17)32-26(36)19-13-34(10-8-22(19)39-40(37)38)24-18(12-30-33-24)23-20(28)3-2-9-29-23/h2-3,6-11,14-15,18,30H,4-5,12-13H2,1H3,(H,31,35)(H,32,36)(H,37,38)/p-1. The summed E-state index contributed by atoms with van der Waals surface area (Å²) in [6.45, 7) is 2.28. The Hall–Kier alpha value is -3.45. The predicted octanol–water partition coefficient (Wildman–Crippen LogP) is 3.45. The normalized spacial score (nSPS) is 19.9. The molecule has 3 atom stereocenters. The molecule has 0 radical (unpaired) electrons. The van der Waals surface area contributed by atoms with E-state index >= 15 is 0 Å². The van der Waals surface area contributed by atoms with Crippen molar-refractivity contribution >= 4 is 57.9 Å². The van der Waals surface area contributed by atoms with Crippen LogP contribution >= 0.6 is 23.2 Å². The molecule has 2 aliphatic heterocycles. The zero-order valence-corrected chi connectivity index (χ0v) is 23.6. The van der Waals surface area contributed by atoms with Crippen molar-refractivity contribution in [1.82, 2.24) is 20.6 Å². The molecule has 3 unspecified atom stereocenters. The van der Waals surface area contributed by atoms with E-state index in [1.807, 2.05) is 6.92 Å². The van der Waals surface area contributed by atoms with Gasteiger partial charge in [-0.05, 0) is 62.1 Å². The summed E-state index contributed by atoms with van der Waals surface area (Å²) in [5.41, 5.74) is 3.94. The quantitative estimate of drug-likeness (QED) is 0.388. The number of amides is 2. The number of nitrogens with zero attached hydrogens (tertiary/aromatic N) is 3. The van der Waals surface area contributed by atoms with Gasteiger partial charge in [-0.2, -0.15) is 5.10 Å². The lowest BCUT2D eigenvalue weighted by Gasteiger charge is -2.29. The Morgan fingerprint density at radius 1 is 1.25 bits per heavy atom. The first kappa shape index (κ1) is 28.1. The number of hydrogen-bond acceptors (Lipinski definition) is 9. The lowest BCUT2D eigenvalue weighted by atomic mass is 10.0. The topological polar surface area (TPSA) is 148 Å². The molecule has 1 aromatic heterocycles. The highest BCUT2D eigenvalue weighted by Gasteiger charge is 2.34. The molecule has 3 heterocycles. The number of carbonyl (C=O) groups excluding carboxylic acids is 2. The van der Waals surface area contributed by atoms with Gasteiger partial charge in [-0.25, -0.2) is 4.21 Å². The third kappa shape index (κ3) is 6.30. The second-order valence-corrected chi connectivity index (χ2v) is 11.0. The van der Waals surface area contributed by atoms with Gasteiger partial charge in [-0.3, -0.25) is 14.6 Å². The van der Waals surface area contributed by atoms with Crippen LogP contribution in [0.5, 0.6) is 0 Å². The number of allylic oxidation sites excluding steroid dienone is 1. The number of carbonyl (C=O) groups is 2. The maximum Gasteiger partial charge on any atom is 0.257 e. The molecule has 210 valence electrons. The van der Waals surface area contributed by atoms with Crippen LogP contribution in [0.4, 0.5) is 5.69 Å². The Morgan fingerprint density at radius 3 is 2.77 bits per heavy atom. The second kappa shape index (κ2) is 12.0. The van der Waals surface area contributed by atoms with E-state index in [4.69, 9.17) is 27.4 Å². The summed E-state index contributed by atoms with van der Waals surface area (Å²) in [5, 5.41) is 10.8. The third-order valence-corrected chi connectivity index (χ3v) is 7.71. The number of halogens is 2. The first-order valence-electron chi connectivity index (χ1n) is 12.5. The Balaban J connectivity index is 1.40. The van der Waals surface area contributed by atoms with Gasteiger partial charge in [-0.1, -0.05) is 23.2 Å². The molecular formula is C26H25Cl2N6O5S-. The lowest BCUT2D eigenvalue weighted by Crippen LogP contribution is -2.37. The minimum absolute atomic E-state index is 0.000163. The molecule has 14 heteroatoms. The minimum Gasteiger partial charge on any atom is -0.740 e. The van der Waals surface area contributed by atoms with E-state index in [1.54, 1.807) is 35.5 Å². The number of amidine groups is 1. The van der Waals surface area contributed by atoms with Crippen molar-refractivity contribution in [2.75, 3.05) is 18.4 Å². The van der Waals surface area contributed by atoms with Crippen LogP contribution in [-0.4, -0.2) is 55.4 Å². The maximum absolute atomic E-state index is 13.6. The number of benzene rings is 1. The molecule has 1 fully saturated rings. The zero-order chi connectivity index (χ0) is 28.4. The van der Waals surface area contributed by atoms with Crippen molar-refractivity contribution in [1.29, 1.82) is 0 Å². The van der Waals surface area contributed by atoms with Crippen LogP contribution in [0.15, 0.2) is 65.2 Å². The van der Waals surface area contributed by atoms with E-state index in [0.29, 0.717) is 34.0 Å². The van der Waals surface area contributed by atoms with Gasteiger partial charge < -0.3 is 29.7 Å². The van der Waals surface area contributed by atoms with Gasteiger partial charge in [0.1, 0.15) is 17.2 Å². The highest BCUT2D eigenvalue weighted by atomic mass is 35.5. The van der Waals surface area contributed by atoms with Crippen LogP contribution in [0, 0.1) is 5.92 Å². The summed E-state index contributed by atoms with van der Waals surface area (Å²) in [7, 11) is 0. The monoisotopic (exact) mass is 603 g/mol. The Labute approximate surface area is 243 Å². The summed E-state index contributed by atoms with van der Waals surface area (Å²) < 4.78 is 27.7. The van der Waals surface area contributed by atoms with Gasteiger partial charge in [0.25, 0.3) is 11.8 Å². The average molecular weight is 604 g/mol. The van der Waals surface area contributed by atoms with Crippen LogP contribution in [0.1, 0.15) is 41.7 Å². The van der Waals surface area contributed by atoms with Crippen LogP contribution in [-0.2, 0) is 20.3 Å². The fraction of sp³-hybridized carbons (Fsp3) is 0.308. The van der Waals surface area contributed by atoms with E-state index in [9.17, 15) is 18.4 Å². The van der Waals surface area contributed by atoms with E-state index in [0.717, 1.165) is 12.8 Å². The summed E-state index contributed by atoms with van der Waals surface area (Å²) in [4.78, 5) is 32.7. The molecule has 0 bridgehead atoms. The lowest BCUT2D eigenvalue weighted by molar-refractivity contribution is -0.113. The van der Waals surface area contributed by atoms with E-state index < -0.39 is 17.3 Å². The molecule has 11 nitrogen and oxygen atoms in total. The SMILES string of the molecule is CC(NC(=O)c1cc(Cl)ccc1NC(=O)C1=C(OS(=O)[O-])C=CN(C2=NNCC2c2ncccc2Cl)C1)C1CC1.